The van der Waals surface area contributed by atoms with Crippen molar-refractivity contribution in [2.75, 3.05) is 0 Å². The van der Waals surface area contributed by atoms with Gasteiger partial charge < -0.3 is 4.52 Å². The van der Waals surface area contributed by atoms with Gasteiger partial charge in [0.2, 0.25) is 0 Å². The minimum Gasteiger partial charge on any atom is -0.403 e. The van der Waals surface area contributed by atoms with Crippen LogP contribution < -0.4 is 4.52 Å². The monoisotopic (exact) mass is 674 g/mol. The zero-order chi connectivity index (χ0) is 33.0. The molecule has 1 heterocycles. The van der Waals surface area contributed by atoms with Gasteiger partial charge in [-0.15, -0.1) is 0 Å². The van der Waals surface area contributed by atoms with E-state index in [2.05, 4.69) is 60.7 Å². The van der Waals surface area contributed by atoms with E-state index < -0.39 is 13.9 Å². The predicted octanol–water partition coefficient (Wildman–Crippen LogP) is 12.3. The van der Waals surface area contributed by atoms with Crippen molar-refractivity contribution >= 4 is 13.4 Å². The van der Waals surface area contributed by atoms with Crippen LogP contribution in [0.1, 0.15) is 154 Å². The Morgan fingerprint density at radius 1 is 0.653 bits per heavy atom. The lowest BCUT2D eigenvalue weighted by Crippen LogP contribution is -2.28. The van der Waals surface area contributed by atoms with Crippen molar-refractivity contribution in [3.63, 3.8) is 0 Å². The van der Waals surface area contributed by atoms with Gasteiger partial charge in [0.05, 0.1) is 0 Å². The second-order valence-electron chi connectivity index (χ2n) is 15.8. The smallest absolute Gasteiger partial charge is 0.403 e. The molecule has 5 heteroatoms. The van der Waals surface area contributed by atoms with Gasteiger partial charge in [-0.2, -0.15) is 0 Å². The second kappa shape index (κ2) is 13.3. The lowest BCUT2D eigenvalue weighted by molar-refractivity contribution is 0.166. The highest BCUT2D eigenvalue weighted by Gasteiger charge is 2.46. The van der Waals surface area contributed by atoms with Crippen molar-refractivity contribution in [3.8, 4) is 16.9 Å². The van der Waals surface area contributed by atoms with Crippen LogP contribution >= 0.6 is 7.82 Å². The number of benzene rings is 3. The average Bonchev–Trinajstić information content (AvgIpc) is 3.28. The first-order valence-electron chi connectivity index (χ1n) is 19.6. The molecule has 3 unspecified atom stereocenters. The number of rotatable bonds is 4. The number of aryl methyl sites for hydroxylation is 1. The number of fused-ring (bicyclic) bond motifs is 6. The van der Waals surface area contributed by atoms with Gasteiger partial charge >= 0.3 is 7.82 Å². The lowest BCUT2D eigenvalue weighted by Gasteiger charge is -2.37. The molecule has 4 nitrogen and oxygen atoms in total. The summed E-state index contributed by atoms with van der Waals surface area (Å²) in [6.07, 6.45) is 23.4. The summed E-state index contributed by atoms with van der Waals surface area (Å²) in [6, 6.07) is 20.5. The van der Waals surface area contributed by atoms with E-state index in [0.29, 0.717) is 17.6 Å². The molecular formula is C44H51O4P. The molecule has 0 radical (unpaired) electrons. The van der Waals surface area contributed by atoms with Gasteiger partial charge in [-0.3, -0.25) is 9.42 Å². The fourth-order valence-electron chi connectivity index (χ4n) is 10.3. The summed E-state index contributed by atoms with van der Waals surface area (Å²) in [7, 11) is -4.47. The van der Waals surface area contributed by atoms with Crippen molar-refractivity contribution in [1.82, 2.24) is 0 Å². The van der Waals surface area contributed by atoms with E-state index in [4.69, 9.17) is 9.05 Å². The highest BCUT2D eigenvalue weighted by molar-refractivity contribution is 7.48. The standard InChI is InChI=1S/C44H51O4P/c45-49(46)47-43-39(33-23-19-31(20-24-33)29-11-3-1-4-12-29)27-35-15-7-9-17-37(35)41(43)42-38-18-10-8-16-36(38)28-40(44(42)48-49)34-25-21-32(22-26-34)30-13-5-2-6-14-30/h19-30,39,43H,1-18H2,(H,45,46). The molecular weight excluding hydrogens is 623 g/mol. The fourth-order valence-corrected chi connectivity index (χ4v) is 11.3. The summed E-state index contributed by atoms with van der Waals surface area (Å²) in [5, 5.41) is 0. The Hall–Kier alpha value is -2.91. The molecule has 0 amide bonds. The molecule has 3 fully saturated rings. The van der Waals surface area contributed by atoms with Crippen LogP contribution in [0, 0.1) is 0 Å². The fraction of sp³-hybridized carbons (Fsp3) is 0.500. The topological polar surface area (TPSA) is 55.8 Å². The zero-order valence-electron chi connectivity index (χ0n) is 28.9. The molecule has 9 rings (SSSR count). The normalized spacial score (nSPS) is 27.6. The van der Waals surface area contributed by atoms with E-state index >= 15 is 0 Å². The van der Waals surface area contributed by atoms with Gasteiger partial charge in [0, 0.05) is 17.0 Å². The molecule has 256 valence electrons. The van der Waals surface area contributed by atoms with Crippen LogP contribution in [0.4, 0.5) is 0 Å². The third-order valence-electron chi connectivity index (χ3n) is 12.8. The second-order valence-corrected chi connectivity index (χ2v) is 17.2. The molecule has 3 saturated carbocycles. The predicted molar refractivity (Wildman–Crippen MR) is 198 cm³/mol. The van der Waals surface area contributed by atoms with E-state index in [1.54, 1.807) is 0 Å². The molecule has 1 N–H and O–H groups in total. The third kappa shape index (κ3) is 6.11. The Morgan fingerprint density at radius 3 is 1.94 bits per heavy atom. The quantitative estimate of drug-likeness (QED) is 0.280. The summed E-state index contributed by atoms with van der Waals surface area (Å²) in [4.78, 5) is 11.6. The molecule has 49 heavy (non-hydrogen) atoms. The summed E-state index contributed by atoms with van der Waals surface area (Å²) in [5.41, 5.74) is 13.6. The number of allylic oxidation sites excluding steroid dienone is 2. The number of hydrogen-bond donors (Lipinski definition) is 1. The van der Waals surface area contributed by atoms with E-state index in [0.717, 1.165) is 72.8 Å². The third-order valence-corrected chi connectivity index (χ3v) is 13.8. The van der Waals surface area contributed by atoms with Crippen molar-refractivity contribution in [2.24, 2.45) is 0 Å². The molecule has 0 bridgehead atoms. The van der Waals surface area contributed by atoms with Gasteiger partial charge in [0.15, 0.2) is 0 Å². The Bertz CT molecular complexity index is 1820. The minimum absolute atomic E-state index is 0.153. The molecule has 1 aliphatic heterocycles. The Labute approximate surface area is 292 Å². The molecule has 3 atom stereocenters. The number of phosphoric ester groups is 1. The summed E-state index contributed by atoms with van der Waals surface area (Å²) in [6.45, 7) is 0. The summed E-state index contributed by atoms with van der Waals surface area (Å²) < 4.78 is 26.9. The maximum atomic E-state index is 14.1. The SMILES string of the molecule is O=P1(O)Oc2c(-c3ccc(C4CCCCC4)cc3)cc3c(c2C2=C4CCCCC4=CC(c4ccc(C5CCCCC5)cc4)C2O1)CCCC3. The Balaban J connectivity index is 1.19. The maximum absolute atomic E-state index is 14.1. The van der Waals surface area contributed by atoms with Crippen molar-refractivity contribution in [2.45, 2.75) is 139 Å². The van der Waals surface area contributed by atoms with Gasteiger partial charge in [-0.05, 0) is 145 Å². The highest BCUT2D eigenvalue weighted by Crippen LogP contribution is 2.61. The van der Waals surface area contributed by atoms with Crippen molar-refractivity contribution in [3.05, 3.63) is 105 Å². The van der Waals surface area contributed by atoms with E-state index in [9.17, 15) is 9.46 Å². The van der Waals surface area contributed by atoms with Crippen LogP contribution in [-0.4, -0.2) is 11.0 Å². The summed E-state index contributed by atoms with van der Waals surface area (Å²) >= 11 is 0. The molecule has 3 aromatic rings. The zero-order valence-corrected chi connectivity index (χ0v) is 29.8. The lowest BCUT2D eigenvalue weighted by atomic mass is 9.70. The van der Waals surface area contributed by atoms with Crippen LogP contribution in [0.5, 0.6) is 5.75 Å². The molecule has 6 aliphatic rings. The van der Waals surface area contributed by atoms with Crippen molar-refractivity contribution < 1.29 is 18.5 Å². The van der Waals surface area contributed by atoms with Crippen LogP contribution in [0.3, 0.4) is 0 Å². The van der Waals surface area contributed by atoms with Crippen LogP contribution in [0.15, 0.2) is 71.8 Å². The first kappa shape index (κ1) is 32.0. The average molecular weight is 675 g/mol. The first-order valence-corrected chi connectivity index (χ1v) is 21.1. The molecule has 5 aliphatic carbocycles. The van der Waals surface area contributed by atoms with Gasteiger partial charge in [-0.1, -0.05) is 93.1 Å². The highest BCUT2D eigenvalue weighted by atomic mass is 31.2. The number of hydrogen-bond acceptors (Lipinski definition) is 3. The van der Waals surface area contributed by atoms with Crippen molar-refractivity contribution in [1.29, 1.82) is 0 Å². The van der Waals surface area contributed by atoms with Gasteiger partial charge in [-0.25, -0.2) is 4.57 Å². The van der Waals surface area contributed by atoms with Gasteiger partial charge in [0.1, 0.15) is 11.9 Å². The first-order chi connectivity index (χ1) is 24.0. The minimum atomic E-state index is -4.47. The van der Waals surface area contributed by atoms with Crippen LogP contribution in [0.2, 0.25) is 0 Å². The Kier molecular flexibility index (Phi) is 8.71. The Morgan fingerprint density at radius 2 is 1.24 bits per heavy atom. The molecule has 0 aromatic heterocycles. The van der Waals surface area contributed by atoms with Crippen LogP contribution in [-0.2, 0) is 21.9 Å². The van der Waals surface area contributed by atoms with Crippen LogP contribution in [0.25, 0.3) is 16.7 Å². The summed E-state index contributed by atoms with van der Waals surface area (Å²) in [5.74, 6) is 1.67. The van der Waals surface area contributed by atoms with E-state index in [-0.39, 0.29) is 5.92 Å². The molecule has 0 saturated heterocycles. The largest absolute Gasteiger partial charge is 0.528 e. The van der Waals surface area contributed by atoms with Gasteiger partial charge in [0.25, 0.3) is 0 Å². The van der Waals surface area contributed by atoms with E-state index in [1.807, 2.05) is 0 Å². The number of phosphoric acid groups is 1. The molecule has 0 spiro atoms. The van der Waals surface area contributed by atoms with E-state index in [1.165, 1.54) is 104 Å². The maximum Gasteiger partial charge on any atom is 0.528 e. The molecule has 3 aromatic carbocycles.